The number of rotatable bonds is 3. The van der Waals surface area contributed by atoms with E-state index in [1.165, 1.54) is 0 Å². The Morgan fingerprint density at radius 1 is 1.40 bits per heavy atom. The maximum Gasteiger partial charge on any atom is 0.390 e. The first kappa shape index (κ1) is 14.0. The number of imide groups is 1. The van der Waals surface area contributed by atoms with Crippen molar-refractivity contribution in [2.75, 3.05) is 19.5 Å². The van der Waals surface area contributed by atoms with Crippen LogP contribution in [0.3, 0.4) is 0 Å². The van der Waals surface area contributed by atoms with Crippen LogP contribution in [0.1, 0.15) is 6.42 Å². The van der Waals surface area contributed by atoms with Crippen LogP contribution in [0.4, 0.5) is 18.0 Å². The fourth-order valence-corrected chi connectivity index (χ4v) is 0.711. The van der Waals surface area contributed by atoms with E-state index in [4.69, 9.17) is 11.6 Å². The Bertz CT molecular complexity index is 245. The zero-order chi connectivity index (χ0) is 12.1. The van der Waals surface area contributed by atoms with E-state index in [2.05, 4.69) is 0 Å². The number of halogens is 4. The van der Waals surface area contributed by atoms with E-state index in [9.17, 15) is 22.8 Å². The third-order valence-corrected chi connectivity index (χ3v) is 1.69. The third-order valence-electron chi connectivity index (χ3n) is 1.45. The molecular weight excluding hydrogens is 237 g/mol. The monoisotopic (exact) mass is 246 g/mol. The highest BCUT2D eigenvalue weighted by atomic mass is 35.5. The second-order valence-electron chi connectivity index (χ2n) is 2.77. The first-order valence-electron chi connectivity index (χ1n) is 3.94. The van der Waals surface area contributed by atoms with Gasteiger partial charge in [0.05, 0.1) is 6.42 Å². The van der Waals surface area contributed by atoms with Crippen molar-refractivity contribution < 1.29 is 22.8 Å². The number of alkyl halides is 4. The molecule has 0 aromatic rings. The molecule has 4 nitrogen and oxygen atoms in total. The Kier molecular flexibility index (Phi) is 5.41. The molecule has 0 spiro atoms. The minimum absolute atomic E-state index is 0.418. The highest BCUT2D eigenvalue weighted by Gasteiger charge is 2.28. The molecule has 0 bridgehead atoms. The smallest absolute Gasteiger partial charge is 0.327 e. The average molecular weight is 247 g/mol. The van der Waals surface area contributed by atoms with Gasteiger partial charge in [0.25, 0.3) is 0 Å². The second kappa shape index (κ2) is 5.79. The Balaban J connectivity index is 3.95. The summed E-state index contributed by atoms with van der Waals surface area (Å²) >= 11 is 5.09. The van der Waals surface area contributed by atoms with Gasteiger partial charge in [0.15, 0.2) is 0 Å². The average Bonchev–Trinajstić information content (AvgIpc) is 2.12. The minimum atomic E-state index is -4.33. The molecule has 0 aliphatic carbocycles. The topological polar surface area (TPSA) is 49.4 Å². The molecule has 1 N–H and O–H groups in total. The molecule has 0 aliphatic rings. The standard InChI is InChI=1S/C7H10ClF3N2O2/c1-13(3-2-7(9,10)11)6(15)12-5(14)4-8/h2-4H2,1H3,(H,12,14,15). The van der Waals surface area contributed by atoms with Gasteiger partial charge in [-0.25, -0.2) is 4.79 Å². The second-order valence-corrected chi connectivity index (χ2v) is 3.04. The molecule has 0 saturated carbocycles. The van der Waals surface area contributed by atoms with Crippen molar-refractivity contribution in [2.45, 2.75) is 12.6 Å². The van der Waals surface area contributed by atoms with Crippen LogP contribution in [-0.2, 0) is 4.79 Å². The zero-order valence-electron chi connectivity index (χ0n) is 7.90. The Morgan fingerprint density at radius 2 is 1.93 bits per heavy atom. The van der Waals surface area contributed by atoms with Crippen molar-refractivity contribution in [2.24, 2.45) is 0 Å². The van der Waals surface area contributed by atoms with Crippen LogP contribution in [0.15, 0.2) is 0 Å². The molecule has 0 aromatic heterocycles. The van der Waals surface area contributed by atoms with Gasteiger partial charge in [-0.05, 0) is 0 Å². The number of hydrogen-bond acceptors (Lipinski definition) is 2. The maximum atomic E-state index is 11.8. The van der Waals surface area contributed by atoms with Crippen LogP contribution >= 0.6 is 11.6 Å². The lowest BCUT2D eigenvalue weighted by Crippen LogP contribution is -2.42. The van der Waals surface area contributed by atoms with Gasteiger partial charge >= 0.3 is 12.2 Å². The SMILES string of the molecule is CN(CCC(F)(F)F)C(=O)NC(=O)CCl. The van der Waals surface area contributed by atoms with E-state index >= 15 is 0 Å². The summed E-state index contributed by atoms with van der Waals surface area (Å²) < 4.78 is 35.3. The molecule has 88 valence electrons. The number of nitrogens with zero attached hydrogens (tertiary/aromatic N) is 1. The Labute approximate surface area is 89.4 Å². The molecular formula is C7H10ClF3N2O2. The van der Waals surface area contributed by atoms with Crippen LogP contribution in [0, 0.1) is 0 Å². The van der Waals surface area contributed by atoms with Crippen molar-refractivity contribution in [1.29, 1.82) is 0 Å². The van der Waals surface area contributed by atoms with Gasteiger partial charge in [0.2, 0.25) is 5.91 Å². The van der Waals surface area contributed by atoms with Gasteiger partial charge in [-0.1, -0.05) is 0 Å². The summed E-state index contributed by atoms with van der Waals surface area (Å²) in [6.07, 6.45) is -5.45. The molecule has 0 aliphatic heterocycles. The van der Waals surface area contributed by atoms with E-state index in [1.54, 1.807) is 0 Å². The molecule has 0 heterocycles. The minimum Gasteiger partial charge on any atom is -0.327 e. The predicted molar refractivity (Wildman–Crippen MR) is 47.6 cm³/mol. The number of carbonyl (C=O) groups excluding carboxylic acids is 2. The number of hydrogen-bond donors (Lipinski definition) is 1. The molecule has 8 heteroatoms. The number of urea groups is 1. The Hall–Kier alpha value is -0.980. The quantitative estimate of drug-likeness (QED) is 0.764. The normalized spacial score (nSPS) is 11.0. The highest BCUT2D eigenvalue weighted by Crippen LogP contribution is 2.19. The molecule has 3 amide bonds. The first-order valence-corrected chi connectivity index (χ1v) is 4.47. The van der Waals surface area contributed by atoms with Gasteiger partial charge in [-0.15, -0.1) is 11.6 Å². The molecule has 0 fully saturated rings. The summed E-state index contributed by atoms with van der Waals surface area (Å²) in [6, 6.07) is -0.898. The predicted octanol–water partition coefficient (Wildman–Crippen LogP) is 1.35. The first-order chi connectivity index (χ1) is 6.76. The van der Waals surface area contributed by atoms with Gasteiger partial charge in [0.1, 0.15) is 5.88 Å². The van der Waals surface area contributed by atoms with E-state index in [-0.39, 0.29) is 0 Å². The van der Waals surface area contributed by atoms with Gasteiger partial charge in [0, 0.05) is 13.6 Å². The van der Waals surface area contributed by atoms with E-state index in [1.807, 2.05) is 5.32 Å². The largest absolute Gasteiger partial charge is 0.390 e. The van der Waals surface area contributed by atoms with Crippen LogP contribution in [0.2, 0.25) is 0 Å². The van der Waals surface area contributed by atoms with Crippen molar-refractivity contribution in [1.82, 2.24) is 10.2 Å². The molecule has 0 aromatic carbocycles. The summed E-state index contributed by atoms with van der Waals surface area (Å²) in [5.74, 6) is -1.17. The van der Waals surface area contributed by atoms with Crippen LogP contribution in [0.25, 0.3) is 0 Å². The molecule has 15 heavy (non-hydrogen) atoms. The van der Waals surface area contributed by atoms with Crippen molar-refractivity contribution in [3.63, 3.8) is 0 Å². The lowest BCUT2D eigenvalue weighted by atomic mass is 10.4. The number of amides is 3. The summed E-state index contributed by atoms with van der Waals surface area (Å²) in [6.45, 7) is -0.509. The fraction of sp³-hybridized carbons (Fsp3) is 0.714. The van der Waals surface area contributed by atoms with Gasteiger partial charge in [-0.3, -0.25) is 10.1 Å². The summed E-state index contributed by atoms with van der Waals surface area (Å²) in [5, 5.41) is 1.81. The number of nitrogens with one attached hydrogen (secondary N) is 1. The lowest BCUT2D eigenvalue weighted by Gasteiger charge is -2.17. The van der Waals surface area contributed by atoms with Crippen molar-refractivity contribution in [3.05, 3.63) is 0 Å². The van der Waals surface area contributed by atoms with Gasteiger partial charge in [-0.2, -0.15) is 13.2 Å². The molecule has 0 radical (unpaired) electrons. The molecule has 0 saturated heterocycles. The summed E-state index contributed by atoms with van der Waals surface area (Å²) in [7, 11) is 1.16. The maximum absolute atomic E-state index is 11.8. The van der Waals surface area contributed by atoms with Gasteiger partial charge < -0.3 is 4.90 Å². The third kappa shape index (κ3) is 7.01. The highest BCUT2D eigenvalue weighted by molar-refractivity contribution is 6.28. The van der Waals surface area contributed by atoms with Crippen molar-refractivity contribution >= 4 is 23.5 Å². The van der Waals surface area contributed by atoms with E-state index in [0.717, 1.165) is 11.9 Å². The lowest BCUT2D eigenvalue weighted by molar-refractivity contribution is -0.136. The Morgan fingerprint density at radius 3 is 2.33 bits per heavy atom. The fourth-order valence-electron chi connectivity index (χ4n) is 0.644. The van der Waals surface area contributed by atoms with Crippen molar-refractivity contribution in [3.8, 4) is 0 Å². The van der Waals surface area contributed by atoms with Crippen LogP contribution in [0.5, 0.6) is 0 Å². The van der Waals surface area contributed by atoms with E-state index in [0.29, 0.717) is 0 Å². The van der Waals surface area contributed by atoms with Crippen LogP contribution in [-0.4, -0.2) is 42.5 Å². The molecule has 0 unspecified atom stereocenters. The van der Waals surface area contributed by atoms with Crippen LogP contribution < -0.4 is 5.32 Å². The van der Waals surface area contributed by atoms with E-state index < -0.39 is 37.0 Å². The number of carbonyl (C=O) groups is 2. The summed E-state index contributed by atoms with van der Waals surface area (Å²) in [4.78, 5) is 22.4. The molecule has 0 atom stereocenters. The molecule has 0 rings (SSSR count). The summed E-state index contributed by atoms with van der Waals surface area (Å²) in [5.41, 5.74) is 0. The zero-order valence-corrected chi connectivity index (χ0v) is 8.65.